The van der Waals surface area contributed by atoms with E-state index in [1.54, 1.807) is 6.92 Å². The van der Waals surface area contributed by atoms with E-state index in [0.29, 0.717) is 18.7 Å². The summed E-state index contributed by atoms with van der Waals surface area (Å²) < 4.78 is 0. The van der Waals surface area contributed by atoms with Crippen LogP contribution < -0.4 is 17.2 Å². The van der Waals surface area contributed by atoms with E-state index in [2.05, 4.69) is 11.9 Å². The van der Waals surface area contributed by atoms with Gasteiger partial charge >= 0.3 is 0 Å². The van der Waals surface area contributed by atoms with Crippen LogP contribution in [0.2, 0.25) is 0 Å². The Morgan fingerprint density at radius 2 is 1.79 bits per heavy atom. The minimum Gasteiger partial charge on any atom is -0.481 e. The zero-order chi connectivity index (χ0) is 10.9. The van der Waals surface area contributed by atoms with Crippen LogP contribution in [0.3, 0.4) is 0 Å². The molecule has 0 aromatic rings. The molecular formula is C8H19N3O3. The van der Waals surface area contributed by atoms with Crippen molar-refractivity contribution < 1.29 is 14.7 Å². The molecule has 0 aliphatic rings. The molecule has 7 N–H and O–H groups in total. The van der Waals surface area contributed by atoms with Crippen molar-refractivity contribution in [2.24, 2.45) is 5.73 Å². The van der Waals surface area contributed by atoms with Gasteiger partial charge in [-0.2, -0.15) is 0 Å². The van der Waals surface area contributed by atoms with Crippen molar-refractivity contribution >= 4 is 11.9 Å². The van der Waals surface area contributed by atoms with Gasteiger partial charge in [0.05, 0.1) is 0 Å². The van der Waals surface area contributed by atoms with E-state index in [1.807, 2.05) is 0 Å². The van der Waals surface area contributed by atoms with Crippen molar-refractivity contribution in [3.63, 3.8) is 0 Å². The SMILES string of the molecule is C=C(C)C(=O)NCCN.CC(=O)O.N. The monoisotopic (exact) mass is 205 g/mol. The molecule has 0 aromatic heterocycles. The summed E-state index contributed by atoms with van der Waals surface area (Å²) in [5.74, 6) is -0.958. The Morgan fingerprint density at radius 1 is 1.43 bits per heavy atom. The highest BCUT2D eigenvalue weighted by atomic mass is 16.4. The van der Waals surface area contributed by atoms with Crippen LogP contribution in [0.4, 0.5) is 0 Å². The van der Waals surface area contributed by atoms with Gasteiger partial charge in [-0.15, -0.1) is 0 Å². The first-order valence-electron chi connectivity index (χ1n) is 3.75. The minimum absolute atomic E-state index is 0. The van der Waals surface area contributed by atoms with E-state index in [1.165, 1.54) is 0 Å². The number of carboxylic acid groups (broad SMARTS) is 1. The fourth-order valence-electron chi connectivity index (χ4n) is 0.337. The predicted molar refractivity (Wildman–Crippen MR) is 55.2 cm³/mol. The highest BCUT2D eigenvalue weighted by Crippen LogP contribution is 1.82. The highest BCUT2D eigenvalue weighted by Gasteiger charge is 1.96. The maximum absolute atomic E-state index is 10.6. The fraction of sp³-hybridized carbons (Fsp3) is 0.500. The average molecular weight is 205 g/mol. The van der Waals surface area contributed by atoms with Crippen molar-refractivity contribution in [2.45, 2.75) is 13.8 Å². The fourth-order valence-corrected chi connectivity index (χ4v) is 0.337. The first-order valence-corrected chi connectivity index (χ1v) is 3.75. The predicted octanol–water partition coefficient (Wildman–Crippen LogP) is -0.110. The van der Waals surface area contributed by atoms with Crippen molar-refractivity contribution in [3.05, 3.63) is 12.2 Å². The lowest BCUT2D eigenvalue weighted by atomic mass is 10.3. The Hall–Kier alpha value is -1.40. The Morgan fingerprint density at radius 3 is 2.00 bits per heavy atom. The molecule has 0 heterocycles. The third-order valence-electron chi connectivity index (χ3n) is 0.818. The van der Waals surface area contributed by atoms with E-state index >= 15 is 0 Å². The summed E-state index contributed by atoms with van der Waals surface area (Å²) in [6, 6.07) is 0. The number of hydrogen-bond acceptors (Lipinski definition) is 4. The van der Waals surface area contributed by atoms with E-state index in [9.17, 15) is 4.79 Å². The zero-order valence-electron chi connectivity index (χ0n) is 8.67. The molecule has 6 heteroatoms. The second kappa shape index (κ2) is 11.6. The van der Waals surface area contributed by atoms with Gasteiger partial charge in [0, 0.05) is 25.6 Å². The summed E-state index contributed by atoms with van der Waals surface area (Å²) in [5.41, 5.74) is 5.65. The number of carboxylic acids is 1. The van der Waals surface area contributed by atoms with Gasteiger partial charge in [0.2, 0.25) is 5.91 Å². The van der Waals surface area contributed by atoms with Crippen LogP contribution in [0.5, 0.6) is 0 Å². The molecule has 14 heavy (non-hydrogen) atoms. The summed E-state index contributed by atoms with van der Waals surface area (Å²) in [5, 5.41) is 9.98. The molecule has 0 aromatic carbocycles. The van der Waals surface area contributed by atoms with Crippen LogP contribution >= 0.6 is 0 Å². The van der Waals surface area contributed by atoms with Crippen molar-refractivity contribution in [2.75, 3.05) is 13.1 Å². The van der Waals surface area contributed by atoms with Crippen LogP contribution in [0.15, 0.2) is 12.2 Å². The van der Waals surface area contributed by atoms with Crippen LogP contribution in [-0.2, 0) is 9.59 Å². The molecule has 0 fully saturated rings. The number of hydrogen-bond donors (Lipinski definition) is 4. The number of rotatable bonds is 3. The normalized spacial score (nSPS) is 7.36. The average Bonchev–Trinajstić information content (AvgIpc) is 1.98. The summed E-state index contributed by atoms with van der Waals surface area (Å²) in [6.07, 6.45) is 0. The number of carbonyl (C=O) groups is 2. The third-order valence-corrected chi connectivity index (χ3v) is 0.818. The van der Waals surface area contributed by atoms with E-state index in [-0.39, 0.29) is 12.1 Å². The van der Waals surface area contributed by atoms with Crippen LogP contribution in [0.1, 0.15) is 13.8 Å². The second-order valence-electron chi connectivity index (χ2n) is 2.34. The third kappa shape index (κ3) is 22.4. The first-order chi connectivity index (χ1) is 5.91. The van der Waals surface area contributed by atoms with E-state index in [4.69, 9.17) is 15.6 Å². The molecule has 0 saturated carbocycles. The first kappa shape index (κ1) is 18.4. The minimum atomic E-state index is -0.833. The number of nitrogens with two attached hydrogens (primary N) is 1. The Bertz CT molecular complexity index is 188. The molecule has 84 valence electrons. The number of carbonyl (C=O) groups excluding carboxylic acids is 1. The van der Waals surface area contributed by atoms with Crippen LogP contribution in [-0.4, -0.2) is 30.1 Å². The van der Waals surface area contributed by atoms with Crippen molar-refractivity contribution in [1.29, 1.82) is 0 Å². The molecule has 6 nitrogen and oxygen atoms in total. The molecule has 0 rings (SSSR count). The Balaban J connectivity index is -0.000000209. The molecule has 0 unspecified atom stereocenters. The number of amides is 1. The number of nitrogens with one attached hydrogen (secondary N) is 1. The van der Waals surface area contributed by atoms with Crippen LogP contribution in [0, 0.1) is 0 Å². The molecule has 0 bridgehead atoms. The van der Waals surface area contributed by atoms with E-state index in [0.717, 1.165) is 6.92 Å². The van der Waals surface area contributed by atoms with Crippen molar-refractivity contribution in [3.8, 4) is 0 Å². The van der Waals surface area contributed by atoms with Gasteiger partial charge in [-0.25, -0.2) is 0 Å². The lowest BCUT2D eigenvalue weighted by Crippen LogP contribution is -2.29. The Kier molecular flexibility index (Phi) is 15.2. The highest BCUT2D eigenvalue weighted by molar-refractivity contribution is 5.92. The molecule has 0 aliphatic heterocycles. The quantitative estimate of drug-likeness (QED) is 0.478. The van der Waals surface area contributed by atoms with Gasteiger partial charge in [-0.05, 0) is 6.92 Å². The lowest BCUT2D eigenvalue weighted by Gasteiger charge is -1.99. The Labute approximate surface area is 83.8 Å². The van der Waals surface area contributed by atoms with E-state index < -0.39 is 5.97 Å². The van der Waals surface area contributed by atoms with Gasteiger partial charge in [0.1, 0.15) is 0 Å². The molecule has 0 aliphatic carbocycles. The summed E-state index contributed by atoms with van der Waals surface area (Å²) >= 11 is 0. The summed E-state index contributed by atoms with van der Waals surface area (Å²) in [6.45, 7) is 7.19. The molecule has 0 spiro atoms. The maximum atomic E-state index is 10.6. The molecule has 0 radical (unpaired) electrons. The van der Waals surface area contributed by atoms with Gasteiger partial charge in [-0.3, -0.25) is 9.59 Å². The smallest absolute Gasteiger partial charge is 0.300 e. The topological polar surface area (TPSA) is 127 Å². The summed E-state index contributed by atoms with van der Waals surface area (Å²) in [4.78, 5) is 19.6. The molecule has 1 amide bonds. The summed E-state index contributed by atoms with van der Waals surface area (Å²) in [7, 11) is 0. The van der Waals surface area contributed by atoms with Crippen LogP contribution in [0.25, 0.3) is 0 Å². The molecule has 0 atom stereocenters. The largest absolute Gasteiger partial charge is 0.481 e. The molecule has 0 saturated heterocycles. The number of aliphatic carboxylic acids is 1. The standard InChI is InChI=1S/C6H12N2O.C2H4O2.H3N/c1-5(2)6(9)8-4-3-7;1-2(3)4;/h1,3-4,7H2,2H3,(H,8,9);1H3,(H,3,4);1H3. The lowest BCUT2D eigenvalue weighted by molar-refractivity contribution is -0.134. The second-order valence-corrected chi connectivity index (χ2v) is 2.34. The maximum Gasteiger partial charge on any atom is 0.300 e. The van der Waals surface area contributed by atoms with Gasteiger partial charge in [-0.1, -0.05) is 6.58 Å². The van der Waals surface area contributed by atoms with Gasteiger partial charge < -0.3 is 22.3 Å². The van der Waals surface area contributed by atoms with Gasteiger partial charge in [0.15, 0.2) is 0 Å². The van der Waals surface area contributed by atoms with Crippen molar-refractivity contribution in [1.82, 2.24) is 11.5 Å². The van der Waals surface area contributed by atoms with Gasteiger partial charge in [0.25, 0.3) is 5.97 Å². The zero-order valence-corrected chi connectivity index (χ0v) is 8.67. The molecular weight excluding hydrogens is 186 g/mol.